The molecular formula is C8H11N3OS2. The third kappa shape index (κ3) is 4.56. The summed E-state index contributed by atoms with van der Waals surface area (Å²) in [6.07, 6.45) is 0.461. The molecule has 14 heavy (non-hydrogen) atoms. The van der Waals surface area contributed by atoms with E-state index in [9.17, 15) is 0 Å². The maximum atomic E-state index is 8.25. The van der Waals surface area contributed by atoms with Crippen LogP contribution in [0.25, 0.3) is 0 Å². The molecular weight excluding hydrogens is 218 g/mol. The van der Waals surface area contributed by atoms with Gasteiger partial charge in [0.05, 0.1) is 25.7 Å². The van der Waals surface area contributed by atoms with E-state index in [4.69, 9.17) is 10.00 Å². The molecule has 0 spiro atoms. The molecule has 0 amide bonds. The average molecular weight is 229 g/mol. The molecule has 0 atom stereocenters. The lowest BCUT2D eigenvalue weighted by molar-refractivity contribution is 0.156. The normalized spacial score (nSPS) is 10.0. The number of thioether (sulfide) groups is 1. The summed E-state index contributed by atoms with van der Waals surface area (Å²) in [4.78, 5) is 0. The van der Waals surface area contributed by atoms with Crippen LogP contribution in [0.2, 0.25) is 0 Å². The number of aromatic nitrogens is 2. The second kappa shape index (κ2) is 6.76. The zero-order chi connectivity index (χ0) is 10.2. The van der Waals surface area contributed by atoms with Gasteiger partial charge in [-0.3, -0.25) is 0 Å². The van der Waals surface area contributed by atoms with E-state index in [1.165, 1.54) is 0 Å². The van der Waals surface area contributed by atoms with Crippen molar-refractivity contribution in [3.8, 4) is 6.07 Å². The fourth-order valence-electron chi connectivity index (χ4n) is 0.745. The molecule has 0 saturated heterocycles. The fraction of sp³-hybridized carbons (Fsp3) is 0.625. The Morgan fingerprint density at radius 3 is 3.00 bits per heavy atom. The van der Waals surface area contributed by atoms with Gasteiger partial charge in [-0.1, -0.05) is 23.1 Å². The first-order valence-corrected chi connectivity index (χ1v) is 6.00. The van der Waals surface area contributed by atoms with Gasteiger partial charge in [0.15, 0.2) is 4.34 Å². The van der Waals surface area contributed by atoms with Crippen LogP contribution in [0.3, 0.4) is 0 Å². The molecule has 0 aliphatic heterocycles. The first kappa shape index (κ1) is 11.4. The van der Waals surface area contributed by atoms with Crippen molar-refractivity contribution in [3.63, 3.8) is 0 Å². The molecule has 1 aromatic rings. The average Bonchev–Trinajstić information content (AvgIpc) is 2.58. The first-order valence-electron chi connectivity index (χ1n) is 4.20. The zero-order valence-electron chi connectivity index (χ0n) is 7.89. The van der Waals surface area contributed by atoms with Crippen LogP contribution in [0.5, 0.6) is 0 Å². The van der Waals surface area contributed by atoms with Gasteiger partial charge >= 0.3 is 0 Å². The number of hydrogen-bond donors (Lipinski definition) is 0. The quantitative estimate of drug-likeness (QED) is 0.550. The molecule has 0 saturated carbocycles. The van der Waals surface area contributed by atoms with Gasteiger partial charge in [0.1, 0.15) is 5.01 Å². The minimum Gasteiger partial charge on any atom is -0.380 e. The van der Waals surface area contributed by atoms with Crippen molar-refractivity contribution in [1.82, 2.24) is 10.2 Å². The molecule has 0 fully saturated rings. The number of rotatable bonds is 6. The Morgan fingerprint density at radius 2 is 2.36 bits per heavy atom. The molecule has 0 N–H and O–H groups in total. The monoisotopic (exact) mass is 229 g/mol. The second-order valence-electron chi connectivity index (χ2n) is 2.46. The lowest BCUT2D eigenvalue weighted by Crippen LogP contribution is -1.98. The number of nitrogens with zero attached hydrogens (tertiary/aromatic N) is 3. The van der Waals surface area contributed by atoms with Crippen LogP contribution < -0.4 is 0 Å². The maximum absolute atomic E-state index is 8.25. The third-order valence-corrected chi connectivity index (χ3v) is 3.26. The van der Waals surface area contributed by atoms with Crippen molar-refractivity contribution in [2.75, 3.05) is 19.0 Å². The van der Waals surface area contributed by atoms with Crippen molar-refractivity contribution >= 4 is 23.1 Å². The highest BCUT2D eigenvalue weighted by Gasteiger charge is 2.00. The highest BCUT2D eigenvalue weighted by Crippen LogP contribution is 2.21. The summed E-state index contributed by atoms with van der Waals surface area (Å²) in [5.74, 6) is 0.861. The molecule has 1 aromatic heterocycles. The van der Waals surface area contributed by atoms with Gasteiger partial charge in [-0.25, -0.2) is 0 Å². The van der Waals surface area contributed by atoms with Crippen LogP contribution in [-0.2, 0) is 4.74 Å². The molecule has 0 radical (unpaired) electrons. The Labute approximate surface area is 91.3 Å². The van der Waals surface area contributed by atoms with Gasteiger partial charge in [-0.05, 0) is 6.92 Å². The number of aryl methyl sites for hydroxylation is 1. The highest BCUT2D eigenvalue weighted by molar-refractivity contribution is 8.01. The van der Waals surface area contributed by atoms with Gasteiger partial charge in [0, 0.05) is 5.75 Å². The number of hydrogen-bond acceptors (Lipinski definition) is 6. The third-order valence-electron chi connectivity index (χ3n) is 1.32. The molecule has 0 aromatic carbocycles. The molecule has 6 heteroatoms. The lowest BCUT2D eigenvalue weighted by Gasteiger charge is -1.98. The summed E-state index contributed by atoms with van der Waals surface area (Å²) < 4.78 is 6.19. The molecule has 4 nitrogen and oxygen atoms in total. The Morgan fingerprint density at radius 1 is 1.50 bits per heavy atom. The Hall–Kier alpha value is -0.640. The van der Waals surface area contributed by atoms with Gasteiger partial charge in [0.2, 0.25) is 0 Å². The van der Waals surface area contributed by atoms with Crippen LogP contribution >= 0.6 is 23.1 Å². The standard InChI is InChI=1S/C8H11N3OS2/c1-7-10-11-8(14-7)13-6-5-12-4-2-3-9/h2,4-6H2,1H3. The summed E-state index contributed by atoms with van der Waals surface area (Å²) in [6, 6.07) is 2.03. The van der Waals surface area contributed by atoms with Gasteiger partial charge in [-0.2, -0.15) is 5.26 Å². The molecule has 0 unspecified atom stereocenters. The predicted molar refractivity (Wildman–Crippen MR) is 56.4 cm³/mol. The molecule has 0 bridgehead atoms. The van der Waals surface area contributed by atoms with Crippen molar-refractivity contribution < 1.29 is 4.74 Å². The van der Waals surface area contributed by atoms with Crippen LogP contribution in [0, 0.1) is 18.3 Å². The number of nitriles is 1. The van der Waals surface area contributed by atoms with E-state index in [2.05, 4.69) is 10.2 Å². The van der Waals surface area contributed by atoms with E-state index in [0.29, 0.717) is 19.6 Å². The van der Waals surface area contributed by atoms with E-state index >= 15 is 0 Å². The van der Waals surface area contributed by atoms with Gasteiger partial charge in [-0.15, -0.1) is 10.2 Å². The van der Waals surface area contributed by atoms with E-state index in [0.717, 1.165) is 15.1 Å². The Balaban J connectivity index is 2.02. The summed E-state index contributed by atoms with van der Waals surface area (Å²) in [5, 5.41) is 17.1. The molecule has 0 aliphatic carbocycles. The van der Waals surface area contributed by atoms with E-state index in [-0.39, 0.29) is 0 Å². The van der Waals surface area contributed by atoms with E-state index in [1.54, 1.807) is 23.1 Å². The molecule has 0 aliphatic rings. The highest BCUT2D eigenvalue weighted by atomic mass is 32.2. The minimum atomic E-state index is 0.461. The largest absolute Gasteiger partial charge is 0.380 e. The first-order chi connectivity index (χ1) is 6.83. The summed E-state index contributed by atoms with van der Waals surface area (Å²) >= 11 is 3.23. The van der Waals surface area contributed by atoms with Crippen molar-refractivity contribution in [3.05, 3.63) is 5.01 Å². The molecule has 1 rings (SSSR count). The minimum absolute atomic E-state index is 0.461. The lowest BCUT2D eigenvalue weighted by atomic mass is 10.5. The Bertz CT molecular complexity index is 308. The predicted octanol–water partition coefficient (Wildman–Crippen LogP) is 1.87. The van der Waals surface area contributed by atoms with Crippen LogP contribution in [0.1, 0.15) is 11.4 Å². The van der Waals surface area contributed by atoms with E-state index < -0.39 is 0 Å². The zero-order valence-corrected chi connectivity index (χ0v) is 9.53. The second-order valence-corrected chi connectivity index (χ2v) is 4.98. The van der Waals surface area contributed by atoms with E-state index in [1.807, 2.05) is 13.0 Å². The van der Waals surface area contributed by atoms with Crippen molar-refractivity contribution in [2.24, 2.45) is 0 Å². The molecule has 1 heterocycles. The maximum Gasteiger partial charge on any atom is 0.174 e. The van der Waals surface area contributed by atoms with Crippen molar-refractivity contribution in [1.29, 1.82) is 5.26 Å². The topological polar surface area (TPSA) is 58.8 Å². The van der Waals surface area contributed by atoms with Crippen LogP contribution in [0.4, 0.5) is 0 Å². The number of ether oxygens (including phenoxy) is 1. The van der Waals surface area contributed by atoms with Gasteiger partial charge in [0.25, 0.3) is 0 Å². The summed E-state index contributed by atoms with van der Waals surface area (Å²) in [7, 11) is 0. The summed E-state index contributed by atoms with van der Waals surface area (Å²) in [6.45, 7) is 3.11. The van der Waals surface area contributed by atoms with Crippen molar-refractivity contribution in [2.45, 2.75) is 17.7 Å². The van der Waals surface area contributed by atoms with Crippen LogP contribution in [0.15, 0.2) is 4.34 Å². The van der Waals surface area contributed by atoms with Gasteiger partial charge < -0.3 is 4.74 Å². The van der Waals surface area contributed by atoms with Crippen LogP contribution in [-0.4, -0.2) is 29.2 Å². The molecule has 76 valence electrons. The Kier molecular flexibility index (Phi) is 5.52. The summed E-state index contributed by atoms with van der Waals surface area (Å²) in [5.41, 5.74) is 0. The SMILES string of the molecule is Cc1nnc(SCCOCCC#N)s1. The fourth-order valence-corrected chi connectivity index (χ4v) is 2.48. The smallest absolute Gasteiger partial charge is 0.174 e.